The van der Waals surface area contributed by atoms with Crippen molar-refractivity contribution in [2.24, 2.45) is 0 Å². The van der Waals surface area contributed by atoms with Gasteiger partial charge in [-0.25, -0.2) is 4.98 Å². The van der Waals surface area contributed by atoms with Crippen LogP contribution >= 0.6 is 15.9 Å². The van der Waals surface area contributed by atoms with Crippen LogP contribution in [-0.2, 0) is 4.74 Å². The van der Waals surface area contributed by atoms with E-state index in [1.54, 1.807) is 12.1 Å². The summed E-state index contributed by atoms with van der Waals surface area (Å²) in [6.07, 6.45) is 3.76. The molecule has 0 bridgehead atoms. The van der Waals surface area contributed by atoms with Crippen molar-refractivity contribution in [1.82, 2.24) is 4.98 Å². The fourth-order valence-electron chi connectivity index (χ4n) is 2.29. The molecule has 3 rings (SSSR count). The van der Waals surface area contributed by atoms with Crippen molar-refractivity contribution >= 4 is 27.5 Å². The van der Waals surface area contributed by atoms with Crippen LogP contribution in [0.3, 0.4) is 0 Å². The van der Waals surface area contributed by atoms with Crippen molar-refractivity contribution in [3.05, 3.63) is 52.6 Å². The number of halogens is 1. The van der Waals surface area contributed by atoms with E-state index in [1.165, 1.54) is 6.20 Å². The number of nitrogens with one attached hydrogen (secondary N) is 1. The number of ether oxygens (including phenoxy) is 2. The van der Waals surface area contributed by atoms with Crippen molar-refractivity contribution in [1.29, 1.82) is 0 Å². The van der Waals surface area contributed by atoms with Gasteiger partial charge in [0.15, 0.2) is 0 Å². The number of carbonyl (C=O) groups is 1. The Hall–Kier alpha value is -1.92. The Morgan fingerprint density at radius 3 is 2.78 bits per heavy atom. The van der Waals surface area contributed by atoms with Gasteiger partial charge >= 0.3 is 0 Å². The SMILES string of the molecule is O=C(Nc1ccc(Br)cc1)c1ccc(OC[C@@H]2CCCO2)nc1. The summed E-state index contributed by atoms with van der Waals surface area (Å²) in [6.45, 7) is 1.30. The molecule has 2 aromatic rings. The Morgan fingerprint density at radius 1 is 1.30 bits per heavy atom. The summed E-state index contributed by atoms with van der Waals surface area (Å²) in [5.74, 6) is 0.297. The Kier molecular flexibility index (Phi) is 5.25. The Bertz CT molecular complexity index is 653. The molecule has 1 amide bonds. The van der Waals surface area contributed by atoms with Crippen LogP contribution in [0.2, 0.25) is 0 Å². The van der Waals surface area contributed by atoms with E-state index in [9.17, 15) is 4.79 Å². The van der Waals surface area contributed by atoms with Crippen molar-refractivity contribution in [3.8, 4) is 5.88 Å². The molecule has 23 heavy (non-hydrogen) atoms. The highest BCUT2D eigenvalue weighted by Crippen LogP contribution is 2.17. The Balaban J connectivity index is 1.55. The average Bonchev–Trinajstić information content (AvgIpc) is 3.09. The molecular weight excluding hydrogens is 360 g/mol. The highest BCUT2D eigenvalue weighted by atomic mass is 79.9. The number of nitrogens with zero attached hydrogens (tertiary/aromatic N) is 1. The van der Waals surface area contributed by atoms with Gasteiger partial charge in [0.25, 0.3) is 5.91 Å². The fraction of sp³-hybridized carbons (Fsp3) is 0.294. The van der Waals surface area contributed by atoms with Crippen LogP contribution < -0.4 is 10.1 Å². The van der Waals surface area contributed by atoms with Crippen molar-refractivity contribution in [2.45, 2.75) is 18.9 Å². The molecule has 1 aliphatic heterocycles. The predicted octanol–water partition coefficient (Wildman–Crippen LogP) is 3.65. The molecule has 0 aliphatic carbocycles. The molecule has 0 saturated carbocycles. The van der Waals surface area contributed by atoms with E-state index >= 15 is 0 Å². The van der Waals surface area contributed by atoms with Crippen molar-refractivity contribution < 1.29 is 14.3 Å². The summed E-state index contributed by atoms with van der Waals surface area (Å²) in [4.78, 5) is 16.3. The van der Waals surface area contributed by atoms with Gasteiger partial charge in [-0.15, -0.1) is 0 Å². The molecule has 2 heterocycles. The molecule has 0 spiro atoms. The highest BCUT2D eigenvalue weighted by molar-refractivity contribution is 9.10. The maximum atomic E-state index is 12.2. The second kappa shape index (κ2) is 7.57. The van der Waals surface area contributed by atoms with Crippen LogP contribution in [-0.4, -0.2) is 30.2 Å². The molecule has 1 saturated heterocycles. The molecule has 0 radical (unpaired) electrons. The number of rotatable bonds is 5. The smallest absolute Gasteiger partial charge is 0.257 e. The third-order valence-electron chi connectivity index (χ3n) is 3.54. The standard InChI is InChI=1S/C17H17BrN2O3/c18-13-4-6-14(7-5-13)20-17(21)12-3-8-16(19-10-12)23-11-15-2-1-9-22-15/h3-8,10,15H,1-2,9,11H2,(H,20,21)/t15-/m0/s1. The van der Waals surface area contributed by atoms with Crippen LogP contribution in [0.5, 0.6) is 5.88 Å². The molecule has 1 atom stereocenters. The zero-order valence-corrected chi connectivity index (χ0v) is 14.1. The van der Waals surface area contributed by atoms with Crippen LogP contribution in [0.4, 0.5) is 5.69 Å². The van der Waals surface area contributed by atoms with Gasteiger partial charge in [0, 0.05) is 29.0 Å². The van der Waals surface area contributed by atoms with E-state index in [0.29, 0.717) is 18.1 Å². The summed E-state index contributed by atoms with van der Waals surface area (Å²) >= 11 is 3.36. The first-order valence-corrected chi connectivity index (χ1v) is 8.27. The quantitative estimate of drug-likeness (QED) is 0.864. The second-order valence-electron chi connectivity index (χ2n) is 5.29. The van der Waals surface area contributed by atoms with Gasteiger partial charge < -0.3 is 14.8 Å². The lowest BCUT2D eigenvalue weighted by Gasteiger charge is -2.11. The fourth-order valence-corrected chi connectivity index (χ4v) is 2.55. The third kappa shape index (κ3) is 4.53. The van der Waals surface area contributed by atoms with Crippen molar-refractivity contribution in [2.75, 3.05) is 18.5 Å². The maximum absolute atomic E-state index is 12.2. The minimum atomic E-state index is -0.203. The zero-order chi connectivity index (χ0) is 16.1. The molecule has 1 fully saturated rings. The number of amides is 1. The van der Waals surface area contributed by atoms with Gasteiger partial charge in [-0.05, 0) is 43.2 Å². The summed E-state index contributed by atoms with van der Waals surface area (Å²) in [7, 11) is 0. The van der Waals surface area contributed by atoms with E-state index in [-0.39, 0.29) is 12.0 Å². The number of aromatic nitrogens is 1. The van der Waals surface area contributed by atoms with Gasteiger partial charge in [0.1, 0.15) is 6.61 Å². The molecule has 0 unspecified atom stereocenters. The molecule has 120 valence electrons. The number of pyridine rings is 1. The van der Waals surface area contributed by atoms with Gasteiger partial charge in [0.05, 0.1) is 11.7 Å². The molecule has 1 aliphatic rings. The van der Waals surface area contributed by atoms with Gasteiger partial charge in [-0.1, -0.05) is 15.9 Å². The lowest BCUT2D eigenvalue weighted by atomic mass is 10.2. The summed E-state index contributed by atoms with van der Waals surface area (Å²) < 4.78 is 12.0. The van der Waals surface area contributed by atoms with Crippen LogP contribution in [0.15, 0.2) is 47.1 Å². The summed E-state index contributed by atoms with van der Waals surface area (Å²) in [5, 5.41) is 2.82. The maximum Gasteiger partial charge on any atom is 0.257 e. The molecule has 1 N–H and O–H groups in total. The number of hydrogen-bond acceptors (Lipinski definition) is 4. The minimum Gasteiger partial charge on any atom is -0.475 e. The zero-order valence-electron chi connectivity index (χ0n) is 12.5. The first kappa shape index (κ1) is 16.0. The monoisotopic (exact) mass is 376 g/mol. The van der Waals surface area contributed by atoms with Gasteiger partial charge in [-0.3, -0.25) is 4.79 Å². The molecule has 1 aromatic carbocycles. The van der Waals surface area contributed by atoms with E-state index < -0.39 is 0 Å². The summed E-state index contributed by atoms with van der Waals surface area (Å²) in [5.41, 5.74) is 1.22. The van der Waals surface area contributed by atoms with Gasteiger partial charge in [0.2, 0.25) is 5.88 Å². The Labute approximate surface area is 143 Å². The Morgan fingerprint density at radius 2 is 2.13 bits per heavy atom. The van der Waals surface area contributed by atoms with Crippen LogP contribution in [0, 0.1) is 0 Å². The topological polar surface area (TPSA) is 60.5 Å². The average molecular weight is 377 g/mol. The minimum absolute atomic E-state index is 0.150. The second-order valence-corrected chi connectivity index (χ2v) is 6.21. The number of carbonyl (C=O) groups excluding carboxylic acids is 1. The first-order valence-electron chi connectivity index (χ1n) is 7.48. The number of hydrogen-bond donors (Lipinski definition) is 1. The molecule has 1 aromatic heterocycles. The van der Waals surface area contributed by atoms with Crippen LogP contribution in [0.25, 0.3) is 0 Å². The highest BCUT2D eigenvalue weighted by Gasteiger charge is 2.16. The van der Waals surface area contributed by atoms with E-state index in [1.807, 2.05) is 24.3 Å². The van der Waals surface area contributed by atoms with E-state index in [0.717, 1.165) is 29.6 Å². The molecular formula is C17H17BrN2O3. The first-order chi connectivity index (χ1) is 11.2. The van der Waals surface area contributed by atoms with Crippen molar-refractivity contribution in [3.63, 3.8) is 0 Å². The number of benzene rings is 1. The predicted molar refractivity (Wildman–Crippen MR) is 90.8 cm³/mol. The number of anilines is 1. The molecule has 5 nitrogen and oxygen atoms in total. The largest absolute Gasteiger partial charge is 0.475 e. The lowest BCUT2D eigenvalue weighted by Crippen LogP contribution is -2.17. The van der Waals surface area contributed by atoms with E-state index in [2.05, 4.69) is 26.2 Å². The van der Waals surface area contributed by atoms with Crippen LogP contribution in [0.1, 0.15) is 23.2 Å². The third-order valence-corrected chi connectivity index (χ3v) is 4.07. The normalized spacial score (nSPS) is 17.0. The lowest BCUT2D eigenvalue weighted by molar-refractivity contribution is 0.0663. The molecule has 6 heteroatoms. The van der Waals surface area contributed by atoms with E-state index in [4.69, 9.17) is 9.47 Å². The summed E-state index contributed by atoms with van der Waals surface area (Å²) in [6, 6.07) is 10.8. The van der Waals surface area contributed by atoms with Gasteiger partial charge in [-0.2, -0.15) is 0 Å².